The molecule has 0 aromatic rings. The van der Waals surface area contributed by atoms with Crippen LogP contribution >= 0.6 is 0 Å². The van der Waals surface area contributed by atoms with E-state index in [1.165, 1.54) is 0 Å². The predicted octanol–water partition coefficient (Wildman–Crippen LogP) is -0.541. The van der Waals surface area contributed by atoms with Crippen molar-refractivity contribution in [1.29, 1.82) is 0 Å². The molecule has 5 nitrogen and oxygen atoms in total. The molecule has 15 heavy (non-hydrogen) atoms. The first kappa shape index (κ1) is 12.4. The van der Waals surface area contributed by atoms with Gasteiger partial charge < -0.3 is 5.11 Å². The lowest BCUT2D eigenvalue weighted by Gasteiger charge is -2.23. The number of carbonyl (C=O) groups is 1. The van der Waals surface area contributed by atoms with Gasteiger partial charge >= 0.3 is 0 Å². The summed E-state index contributed by atoms with van der Waals surface area (Å²) in [6.45, 7) is 4.30. The van der Waals surface area contributed by atoms with Crippen molar-refractivity contribution in [3.05, 3.63) is 0 Å². The molecule has 2 unspecified atom stereocenters. The summed E-state index contributed by atoms with van der Waals surface area (Å²) >= 11 is 0. The molecule has 0 bridgehead atoms. The van der Waals surface area contributed by atoms with Crippen LogP contribution in [0.25, 0.3) is 0 Å². The van der Waals surface area contributed by atoms with Crippen molar-refractivity contribution < 1.29 is 9.90 Å². The van der Waals surface area contributed by atoms with Gasteiger partial charge in [0.05, 0.1) is 0 Å². The molecule has 88 valence electrons. The molecule has 0 aromatic heterocycles. The SMILES string of the molecule is CC(CC(=O)NN)N1CCC(CCO)C1. The first-order valence-corrected chi connectivity index (χ1v) is 5.51. The molecule has 0 radical (unpaired) electrons. The zero-order valence-corrected chi connectivity index (χ0v) is 9.28. The van der Waals surface area contributed by atoms with E-state index in [4.69, 9.17) is 10.9 Å². The van der Waals surface area contributed by atoms with Crippen LogP contribution in [-0.4, -0.2) is 41.7 Å². The molecule has 1 fully saturated rings. The van der Waals surface area contributed by atoms with Crippen molar-refractivity contribution in [3.63, 3.8) is 0 Å². The summed E-state index contributed by atoms with van der Waals surface area (Å²) in [7, 11) is 0. The molecule has 1 rings (SSSR count). The Balaban J connectivity index is 2.29. The number of nitrogens with one attached hydrogen (secondary N) is 1. The lowest BCUT2D eigenvalue weighted by atomic mass is 10.1. The van der Waals surface area contributed by atoms with E-state index in [9.17, 15) is 4.79 Å². The Morgan fingerprint density at radius 2 is 2.47 bits per heavy atom. The first-order valence-electron chi connectivity index (χ1n) is 5.51. The van der Waals surface area contributed by atoms with Gasteiger partial charge in [0.2, 0.25) is 5.91 Å². The summed E-state index contributed by atoms with van der Waals surface area (Å²) in [5.41, 5.74) is 2.15. The summed E-state index contributed by atoms with van der Waals surface area (Å²) in [4.78, 5) is 13.4. The van der Waals surface area contributed by atoms with Gasteiger partial charge in [-0.1, -0.05) is 0 Å². The summed E-state index contributed by atoms with van der Waals surface area (Å²) in [5, 5.41) is 8.84. The van der Waals surface area contributed by atoms with E-state index in [1.807, 2.05) is 6.92 Å². The van der Waals surface area contributed by atoms with E-state index in [0.717, 1.165) is 25.9 Å². The van der Waals surface area contributed by atoms with Gasteiger partial charge in [0.1, 0.15) is 0 Å². The second-order valence-electron chi connectivity index (χ2n) is 4.28. The van der Waals surface area contributed by atoms with Crippen molar-refractivity contribution in [2.75, 3.05) is 19.7 Å². The monoisotopic (exact) mass is 215 g/mol. The third-order valence-corrected chi connectivity index (χ3v) is 3.12. The molecular formula is C10H21N3O2. The molecule has 1 heterocycles. The molecular weight excluding hydrogens is 194 g/mol. The quantitative estimate of drug-likeness (QED) is 0.327. The average Bonchev–Trinajstić information content (AvgIpc) is 2.67. The van der Waals surface area contributed by atoms with Crippen molar-refractivity contribution in [1.82, 2.24) is 10.3 Å². The highest BCUT2D eigenvalue weighted by molar-refractivity contribution is 5.75. The number of aliphatic hydroxyl groups is 1. The number of hydrogen-bond donors (Lipinski definition) is 3. The smallest absolute Gasteiger partial charge is 0.235 e. The second kappa shape index (κ2) is 6.05. The minimum atomic E-state index is -0.117. The maximum Gasteiger partial charge on any atom is 0.235 e. The predicted molar refractivity (Wildman–Crippen MR) is 57.8 cm³/mol. The van der Waals surface area contributed by atoms with Gasteiger partial charge in [0, 0.05) is 25.6 Å². The van der Waals surface area contributed by atoms with Crippen LogP contribution in [0.2, 0.25) is 0 Å². The third-order valence-electron chi connectivity index (χ3n) is 3.12. The first-order chi connectivity index (χ1) is 7.17. The summed E-state index contributed by atoms with van der Waals surface area (Å²) in [5.74, 6) is 5.51. The molecule has 0 aliphatic carbocycles. The molecule has 2 atom stereocenters. The molecule has 0 aromatic carbocycles. The number of nitrogens with zero attached hydrogens (tertiary/aromatic N) is 1. The molecule has 1 aliphatic heterocycles. The van der Waals surface area contributed by atoms with Crippen molar-refractivity contribution in [2.45, 2.75) is 32.2 Å². The van der Waals surface area contributed by atoms with Crippen molar-refractivity contribution in [2.24, 2.45) is 11.8 Å². The van der Waals surface area contributed by atoms with E-state index in [-0.39, 0.29) is 18.6 Å². The van der Waals surface area contributed by atoms with Gasteiger partial charge in [-0.2, -0.15) is 0 Å². The van der Waals surface area contributed by atoms with Gasteiger partial charge in [-0.15, -0.1) is 0 Å². The van der Waals surface area contributed by atoms with Crippen LogP contribution in [0.4, 0.5) is 0 Å². The lowest BCUT2D eigenvalue weighted by molar-refractivity contribution is -0.122. The highest BCUT2D eigenvalue weighted by Gasteiger charge is 2.26. The van der Waals surface area contributed by atoms with Gasteiger partial charge in [-0.05, 0) is 32.2 Å². The maximum absolute atomic E-state index is 11.1. The minimum Gasteiger partial charge on any atom is -0.396 e. The fourth-order valence-corrected chi connectivity index (χ4v) is 2.14. The second-order valence-corrected chi connectivity index (χ2v) is 4.28. The largest absolute Gasteiger partial charge is 0.396 e. The summed E-state index contributed by atoms with van der Waals surface area (Å²) < 4.78 is 0. The molecule has 4 N–H and O–H groups in total. The summed E-state index contributed by atoms with van der Waals surface area (Å²) in [6.07, 6.45) is 2.43. The fraction of sp³-hybridized carbons (Fsp3) is 0.900. The van der Waals surface area contributed by atoms with Crippen LogP contribution in [-0.2, 0) is 4.79 Å². The molecule has 0 saturated carbocycles. The maximum atomic E-state index is 11.1. The van der Waals surface area contributed by atoms with Crippen LogP contribution in [0.5, 0.6) is 0 Å². The van der Waals surface area contributed by atoms with Crippen LogP contribution in [0.3, 0.4) is 0 Å². The van der Waals surface area contributed by atoms with E-state index < -0.39 is 0 Å². The number of hydrogen-bond acceptors (Lipinski definition) is 4. The topological polar surface area (TPSA) is 78.6 Å². The molecule has 5 heteroatoms. The highest BCUT2D eigenvalue weighted by Crippen LogP contribution is 2.21. The number of carbonyl (C=O) groups excluding carboxylic acids is 1. The zero-order chi connectivity index (χ0) is 11.3. The van der Waals surface area contributed by atoms with Gasteiger partial charge in [-0.25, -0.2) is 5.84 Å². The minimum absolute atomic E-state index is 0.117. The highest BCUT2D eigenvalue weighted by atomic mass is 16.3. The third kappa shape index (κ3) is 3.77. The molecule has 1 aliphatic rings. The van der Waals surface area contributed by atoms with Crippen molar-refractivity contribution in [3.8, 4) is 0 Å². The molecule has 1 amide bonds. The Kier molecular flexibility index (Phi) is 5.01. The van der Waals surface area contributed by atoms with Crippen LogP contribution in [0.1, 0.15) is 26.2 Å². The fourth-order valence-electron chi connectivity index (χ4n) is 2.14. The Hall–Kier alpha value is -0.650. The Bertz CT molecular complexity index is 211. The number of hydrazine groups is 1. The Morgan fingerprint density at radius 3 is 3.07 bits per heavy atom. The van der Waals surface area contributed by atoms with E-state index in [1.54, 1.807) is 0 Å². The number of rotatable bonds is 5. The van der Waals surface area contributed by atoms with Crippen LogP contribution < -0.4 is 11.3 Å². The number of amides is 1. The molecule has 1 saturated heterocycles. The van der Waals surface area contributed by atoms with Crippen LogP contribution in [0, 0.1) is 5.92 Å². The normalized spacial score (nSPS) is 24.1. The van der Waals surface area contributed by atoms with E-state index >= 15 is 0 Å². The molecule has 0 spiro atoms. The standard InChI is InChI=1S/C10H21N3O2/c1-8(6-10(15)12-11)13-4-2-9(7-13)3-5-14/h8-9,14H,2-7,11H2,1H3,(H,12,15). The lowest BCUT2D eigenvalue weighted by Crippen LogP contribution is -2.38. The van der Waals surface area contributed by atoms with Crippen LogP contribution in [0.15, 0.2) is 0 Å². The van der Waals surface area contributed by atoms with E-state index in [0.29, 0.717) is 12.3 Å². The zero-order valence-electron chi connectivity index (χ0n) is 9.28. The number of nitrogens with two attached hydrogens (primary N) is 1. The Labute approximate surface area is 90.6 Å². The average molecular weight is 215 g/mol. The van der Waals surface area contributed by atoms with Gasteiger partial charge in [0.25, 0.3) is 0 Å². The van der Waals surface area contributed by atoms with Crippen molar-refractivity contribution >= 4 is 5.91 Å². The summed E-state index contributed by atoms with van der Waals surface area (Å²) in [6, 6.07) is 0.234. The van der Waals surface area contributed by atoms with E-state index in [2.05, 4.69) is 10.3 Å². The number of aliphatic hydroxyl groups excluding tert-OH is 1. The Morgan fingerprint density at radius 1 is 1.73 bits per heavy atom. The van der Waals surface area contributed by atoms with Gasteiger partial charge in [0.15, 0.2) is 0 Å². The number of likely N-dealkylation sites (tertiary alicyclic amines) is 1. The van der Waals surface area contributed by atoms with Gasteiger partial charge in [-0.3, -0.25) is 15.1 Å².